The van der Waals surface area contributed by atoms with E-state index in [1.165, 1.54) is 11.1 Å². The molecule has 4 nitrogen and oxygen atoms in total. The first-order valence-electron chi connectivity index (χ1n) is 8.94. The molecule has 2 aromatic carbocycles. The van der Waals surface area contributed by atoms with Gasteiger partial charge >= 0.3 is 0 Å². The lowest BCUT2D eigenvalue weighted by atomic mass is 10.1. The molecule has 0 aliphatic carbocycles. The molecular weight excluding hydrogens is 308 g/mol. The molecule has 0 fully saturated rings. The molecule has 0 saturated heterocycles. The molecule has 1 atom stereocenters. The number of benzene rings is 2. The van der Waals surface area contributed by atoms with Crippen LogP contribution in [-0.4, -0.2) is 21.0 Å². The van der Waals surface area contributed by atoms with Crippen LogP contribution < -0.4 is 5.32 Å². The van der Waals surface area contributed by atoms with Gasteiger partial charge in [-0.2, -0.15) is 15.0 Å². The van der Waals surface area contributed by atoms with Crippen LogP contribution in [0.3, 0.4) is 0 Å². The van der Waals surface area contributed by atoms with E-state index < -0.39 is 0 Å². The molecular formula is C21H26N4. The van der Waals surface area contributed by atoms with Gasteiger partial charge in [0.15, 0.2) is 0 Å². The Bertz CT molecular complexity index is 808. The van der Waals surface area contributed by atoms with E-state index in [9.17, 15) is 0 Å². The highest BCUT2D eigenvalue weighted by molar-refractivity contribution is 5.60. The molecule has 0 amide bonds. The monoisotopic (exact) mass is 334 g/mol. The van der Waals surface area contributed by atoms with Crippen molar-refractivity contribution in [1.82, 2.24) is 20.3 Å². The molecule has 25 heavy (non-hydrogen) atoms. The van der Waals surface area contributed by atoms with Crippen LogP contribution in [0.25, 0.3) is 11.3 Å². The number of nitrogens with zero attached hydrogens (tertiary/aromatic N) is 3. The van der Waals surface area contributed by atoms with Gasteiger partial charge in [-0.25, -0.2) is 0 Å². The van der Waals surface area contributed by atoms with Gasteiger partial charge in [-0.15, -0.1) is 0 Å². The van der Waals surface area contributed by atoms with E-state index in [2.05, 4.69) is 62.5 Å². The summed E-state index contributed by atoms with van der Waals surface area (Å²) in [6.45, 7) is 7.93. The lowest BCUT2D eigenvalue weighted by Gasteiger charge is -2.10. The summed E-state index contributed by atoms with van der Waals surface area (Å²) in [6.07, 6.45) is 1.10. The molecule has 1 heterocycles. The molecule has 3 rings (SSSR count). The lowest BCUT2D eigenvalue weighted by molar-refractivity contribution is 0.519. The third kappa shape index (κ3) is 4.34. The minimum absolute atomic E-state index is 0.463. The van der Waals surface area contributed by atoms with Gasteiger partial charge in [0.25, 0.3) is 0 Å². The standard InChI is InChI=1S/C21H26N4/c1-4-17(3)22-14-20-21(18-11-6-5-7-12-18)24-25(23-20)15-19-13-9-8-10-16(19)2/h5-13,17,22H,4,14-15H2,1-3H3/t17-/m0/s1. The molecule has 3 aromatic rings. The van der Waals surface area contributed by atoms with Crippen LogP contribution in [0.15, 0.2) is 54.6 Å². The van der Waals surface area contributed by atoms with E-state index >= 15 is 0 Å². The van der Waals surface area contributed by atoms with E-state index in [-0.39, 0.29) is 0 Å². The van der Waals surface area contributed by atoms with Crippen molar-refractivity contribution in [3.05, 3.63) is 71.4 Å². The Labute approximate surface area is 149 Å². The molecule has 0 radical (unpaired) electrons. The van der Waals surface area contributed by atoms with Crippen LogP contribution in [0, 0.1) is 6.92 Å². The highest BCUT2D eigenvalue weighted by Gasteiger charge is 2.14. The fourth-order valence-electron chi connectivity index (χ4n) is 2.75. The second kappa shape index (κ2) is 8.08. The Balaban J connectivity index is 1.90. The predicted molar refractivity (Wildman–Crippen MR) is 102 cm³/mol. The van der Waals surface area contributed by atoms with E-state index in [0.29, 0.717) is 12.6 Å². The van der Waals surface area contributed by atoms with Crippen LogP contribution >= 0.6 is 0 Å². The summed E-state index contributed by atoms with van der Waals surface area (Å²) in [5.74, 6) is 0. The predicted octanol–water partition coefficient (Wildman–Crippen LogP) is 4.19. The Morgan fingerprint density at radius 1 is 1.00 bits per heavy atom. The van der Waals surface area contributed by atoms with Crippen LogP contribution in [0.4, 0.5) is 0 Å². The molecule has 0 saturated carbocycles. The van der Waals surface area contributed by atoms with Gasteiger partial charge in [-0.3, -0.25) is 0 Å². The first-order chi connectivity index (χ1) is 12.2. The summed E-state index contributed by atoms with van der Waals surface area (Å²) < 4.78 is 0. The fourth-order valence-corrected chi connectivity index (χ4v) is 2.75. The van der Waals surface area contributed by atoms with Crippen molar-refractivity contribution in [3.63, 3.8) is 0 Å². The van der Waals surface area contributed by atoms with Crippen molar-refractivity contribution >= 4 is 0 Å². The molecule has 0 aliphatic rings. The molecule has 4 heteroatoms. The van der Waals surface area contributed by atoms with Crippen LogP contribution in [0.2, 0.25) is 0 Å². The first kappa shape index (κ1) is 17.4. The Morgan fingerprint density at radius 2 is 1.72 bits per heavy atom. The fraction of sp³-hybridized carbons (Fsp3) is 0.333. The third-order valence-corrected chi connectivity index (χ3v) is 4.58. The van der Waals surface area contributed by atoms with Gasteiger partial charge in [-0.1, -0.05) is 61.5 Å². The highest BCUT2D eigenvalue weighted by atomic mass is 15.5. The second-order valence-electron chi connectivity index (χ2n) is 6.51. The van der Waals surface area contributed by atoms with Gasteiger partial charge in [0.1, 0.15) is 11.4 Å². The Kier molecular flexibility index (Phi) is 5.61. The quantitative estimate of drug-likeness (QED) is 0.704. The topological polar surface area (TPSA) is 42.7 Å². The maximum absolute atomic E-state index is 4.79. The average Bonchev–Trinajstić information content (AvgIpc) is 3.05. The first-order valence-corrected chi connectivity index (χ1v) is 8.94. The summed E-state index contributed by atoms with van der Waals surface area (Å²) in [5.41, 5.74) is 5.59. The molecule has 0 spiro atoms. The lowest BCUT2D eigenvalue weighted by Crippen LogP contribution is -2.25. The summed E-state index contributed by atoms with van der Waals surface area (Å²) in [7, 11) is 0. The summed E-state index contributed by atoms with van der Waals surface area (Å²) in [4.78, 5) is 1.82. The maximum Gasteiger partial charge on any atom is 0.117 e. The molecule has 1 N–H and O–H groups in total. The van der Waals surface area contributed by atoms with E-state index in [1.54, 1.807) is 0 Å². The number of aryl methyl sites for hydroxylation is 1. The highest BCUT2D eigenvalue weighted by Crippen LogP contribution is 2.21. The number of aromatic nitrogens is 3. The minimum Gasteiger partial charge on any atom is -0.309 e. The zero-order valence-electron chi connectivity index (χ0n) is 15.2. The molecule has 0 bridgehead atoms. The van der Waals surface area contributed by atoms with E-state index in [1.807, 2.05) is 23.0 Å². The van der Waals surface area contributed by atoms with Gasteiger partial charge in [0.05, 0.1) is 6.54 Å². The average molecular weight is 334 g/mol. The third-order valence-electron chi connectivity index (χ3n) is 4.58. The van der Waals surface area contributed by atoms with Gasteiger partial charge < -0.3 is 5.32 Å². The normalized spacial score (nSPS) is 12.3. The summed E-state index contributed by atoms with van der Waals surface area (Å²) >= 11 is 0. The number of hydrogen-bond donors (Lipinski definition) is 1. The number of rotatable bonds is 7. The van der Waals surface area contributed by atoms with Crippen molar-refractivity contribution in [2.45, 2.75) is 46.3 Å². The Hall–Kier alpha value is -2.46. The van der Waals surface area contributed by atoms with Gasteiger partial charge in [0, 0.05) is 18.2 Å². The molecule has 0 aliphatic heterocycles. The van der Waals surface area contributed by atoms with Crippen molar-refractivity contribution in [2.24, 2.45) is 0 Å². The van der Waals surface area contributed by atoms with Crippen LogP contribution in [0.5, 0.6) is 0 Å². The van der Waals surface area contributed by atoms with E-state index in [0.717, 1.165) is 29.9 Å². The zero-order valence-corrected chi connectivity index (χ0v) is 15.2. The SMILES string of the molecule is CC[C@H](C)NCc1nn(Cc2ccccc2C)nc1-c1ccccc1. The van der Waals surface area contributed by atoms with Crippen molar-refractivity contribution < 1.29 is 0 Å². The van der Waals surface area contributed by atoms with Crippen LogP contribution in [0.1, 0.15) is 37.1 Å². The number of nitrogens with one attached hydrogen (secondary N) is 1. The van der Waals surface area contributed by atoms with Crippen LogP contribution in [-0.2, 0) is 13.1 Å². The summed E-state index contributed by atoms with van der Waals surface area (Å²) in [6, 6.07) is 19.2. The van der Waals surface area contributed by atoms with Crippen molar-refractivity contribution in [3.8, 4) is 11.3 Å². The van der Waals surface area contributed by atoms with Gasteiger partial charge in [0.2, 0.25) is 0 Å². The van der Waals surface area contributed by atoms with Gasteiger partial charge in [-0.05, 0) is 31.4 Å². The second-order valence-corrected chi connectivity index (χ2v) is 6.51. The minimum atomic E-state index is 0.463. The largest absolute Gasteiger partial charge is 0.309 e. The molecule has 0 unspecified atom stereocenters. The molecule has 1 aromatic heterocycles. The van der Waals surface area contributed by atoms with E-state index in [4.69, 9.17) is 10.2 Å². The zero-order chi connectivity index (χ0) is 17.6. The summed E-state index contributed by atoms with van der Waals surface area (Å²) in [5, 5.41) is 13.1. The van der Waals surface area contributed by atoms with Crippen molar-refractivity contribution in [2.75, 3.05) is 0 Å². The Morgan fingerprint density at radius 3 is 2.44 bits per heavy atom. The maximum atomic E-state index is 4.79. The number of hydrogen-bond acceptors (Lipinski definition) is 3. The smallest absolute Gasteiger partial charge is 0.117 e. The van der Waals surface area contributed by atoms with Crippen molar-refractivity contribution in [1.29, 1.82) is 0 Å². The molecule has 130 valence electrons.